The van der Waals surface area contributed by atoms with E-state index in [1.54, 1.807) is 0 Å². The van der Waals surface area contributed by atoms with Crippen molar-refractivity contribution in [1.29, 1.82) is 5.41 Å². The van der Waals surface area contributed by atoms with E-state index < -0.39 is 29.6 Å². The van der Waals surface area contributed by atoms with Crippen LogP contribution in [0.1, 0.15) is 11.1 Å². The largest absolute Gasteiger partial charge is 0.449 e. The van der Waals surface area contributed by atoms with Crippen LogP contribution < -0.4 is 5.73 Å². The van der Waals surface area contributed by atoms with Crippen molar-refractivity contribution in [3.63, 3.8) is 0 Å². The highest BCUT2D eigenvalue weighted by Gasteiger charge is 2.34. The molecule has 1 aromatic carbocycles. The minimum absolute atomic E-state index is 0.208. The highest BCUT2D eigenvalue weighted by Crippen LogP contribution is 2.29. The molecular formula is C10H7F6N3. The van der Waals surface area contributed by atoms with E-state index >= 15 is 0 Å². The van der Waals surface area contributed by atoms with Gasteiger partial charge in [-0.2, -0.15) is 26.3 Å². The monoisotopic (exact) mass is 283 g/mol. The van der Waals surface area contributed by atoms with Crippen molar-refractivity contribution in [3.05, 3.63) is 35.4 Å². The van der Waals surface area contributed by atoms with E-state index in [0.29, 0.717) is 12.1 Å². The minimum Gasteiger partial charge on any atom is -0.380 e. The third-order valence-electron chi connectivity index (χ3n) is 2.01. The van der Waals surface area contributed by atoms with Crippen molar-refractivity contribution in [2.45, 2.75) is 12.4 Å². The van der Waals surface area contributed by atoms with Crippen LogP contribution in [0.5, 0.6) is 0 Å². The number of benzene rings is 1. The molecule has 19 heavy (non-hydrogen) atoms. The van der Waals surface area contributed by atoms with Gasteiger partial charge in [-0.1, -0.05) is 12.1 Å². The van der Waals surface area contributed by atoms with Crippen LogP contribution in [0.2, 0.25) is 0 Å². The first-order valence-electron chi connectivity index (χ1n) is 4.69. The molecule has 0 saturated carbocycles. The second-order valence-electron chi connectivity index (χ2n) is 3.42. The normalized spacial score (nSPS) is 13.5. The molecule has 1 rings (SSSR count). The molecule has 0 aromatic heterocycles. The molecule has 0 radical (unpaired) electrons. The molecule has 0 bridgehead atoms. The lowest BCUT2D eigenvalue weighted by Crippen LogP contribution is -2.32. The number of amidine groups is 2. The molecule has 0 heterocycles. The molecule has 0 spiro atoms. The standard InChI is InChI=1S/C10H7F6N3/c11-9(12,13)6-3-1-5(2-4-6)7(17)19-8(18)10(14,15)16/h1-4H,(H3,17,18,19). The van der Waals surface area contributed by atoms with Crippen LogP contribution >= 0.6 is 0 Å². The number of nitrogens with zero attached hydrogens (tertiary/aromatic N) is 1. The summed E-state index contributed by atoms with van der Waals surface area (Å²) in [6.45, 7) is 0. The molecule has 0 atom stereocenters. The Bertz CT molecular complexity index is 497. The molecule has 1 aromatic rings. The number of nitrogens with one attached hydrogen (secondary N) is 1. The summed E-state index contributed by atoms with van der Waals surface area (Å²) in [6.07, 6.45) is -9.45. The summed E-state index contributed by atoms with van der Waals surface area (Å²) in [5.74, 6) is -2.61. The molecule has 104 valence electrons. The van der Waals surface area contributed by atoms with Gasteiger partial charge in [0.05, 0.1) is 5.56 Å². The Morgan fingerprint density at radius 3 is 1.84 bits per heavy atom. The van der Waals surface area contributed by atoms with Crippen LogP contribution in [0, 0.1) is 5.41 Å². The fourth-order valence-electron chi connectivity index (χ4n) is 1.07. The lowest BCUT2D eigenvalue weighted by atomic mass is 10.1. The Hall–Kier alpha value is -2.06. The van der Waals surface area contributed by atoms with Crippen molar-refractivity contribution in [2.75, 3.05) is 0 Å². The maximum atomic E-state index is 12.2. The predicted octanol–water partition coefficient (Wildman–Crippen LogP) is 2.95. The molecule has 9 heteroatoms. The van der Waals surface area contributed by atoms with Gasteiger partial charge in [0.2, 0.25) is 5.84 Å². The molecule has 0 aliphatic rings. The van der Waals surface area contributed by atoms with Gasteiger partial charge in [0.1, 0.15) is 0 Å². The molecule has 0 amide bonds. The number of alkyl halides is 6. The van der Waals surface area contributed by atoms with Crippen molar-refractivity contribution in [2.24, 2.45) is 10.7 Å². The van der Waals surface area contributed by atoms with Crippen LogP contribution in [0.15, 0.2) is 29.3 Å². The van der Waals surface area contributed by atoms with Gasteiger partial charge in [-0.25, -0.2) is 4.99 Å². The predicted molar refractivity (Wildman–Crippen MR) is 56.0 cm³/mol. The van der Waals surface area contributed by atoms with Crippen molar-refractivity contribution >= 4 is 11.7 Å². The average Bonchev–Trinajstić information content (AvgIpc) is 2.26. The molecule has 0 aliphatic heterocycles. The van der Waals surface area contributed by atoms with Crippen LogP contribution in [0.25, 0.3) is 0 Å². The smallest absolute Gasteiger partial charge is 0.380 e. The third-order valence-corrected chi connectivity index (χ3v) is 2.01. The summed E-state index contributed by atoms with van der Waals surface area (Å²) in [7, 11) is 0. The number of aliphatic imine (C=N–C) groups is 1. The van der Waals surface area contributed by atoms with Crippen LogP contribution in [0.4, 0.5) is 26.3 Å². The Kier molecular flexibility index (Phi) is 3.87. The van der Waals surface area contributed by atoms with Gasteiger partial charge < -0.3 is 5.73 Å². The van der Waals surface area contributed by atoms with E-state index in [-0.39, 0.29) is 5.56 Å². The van der Waals surface area contributed by atoms with Gasteiger partial charge in [0.25, 0.3) is 0 Å². The first kappa shape index (κ1) is 15.0. The van der Waals surface area contributed by atoms with Gasteiger partial charge in [0.15, 0.2) is 5.84 Å². The van der Waals surface area contributed by atoms with Crippen LogP contribution in [0.3, 0.4) is 0 Å². The summed E-state index contributed by atoms with van der Waals surface area (Å²) < 4.78 is 72.8. The molecule has 0 aliphatic carbocycles. The molecule has 0 fully saturated rings. The Morgan fingerprint density at radius 2 is 1.47 bits per heavy atom. The Balaban J connectivity index is 2.97. The van der Waals surface area contributed by atoms with Crippen molar-refractivity contribution in [3.8, 4) is 0 Å². The molecule has 0 unspecified atom stereocenters. The van der Waals surface area contributed by atoms with E-state index in [2.05, 4.69) is 10.7 Å². The van der Waals surface area contributed by atoms with E-state index in [0.717, 1.165) is 12.1 Å². The topological polar surface area (TPSA) is 62.2 Å². The van der Waals surface area contributed by atoms with Gasteiger partial charge in [-0.05, 0) is 12.1 Å². The van der Waals surface area contributed by atoms with Crippen molar-refractivity contribution < 1.29 is 26.3 Å². The SMILES string of the molecule is N=C(N=C(N)C(F)(F)F)c1ccc(C(F)(F)F)cc1. The zero-order valence-corrected chi connectivity index (χ0v) is 9.10. The number of hydrogen-bond acceptors (Lipinski definition) is 1. The van der Waals surface area contributed by atoms with E-state index in [1.807, 2.05) is 0 Å². The third kappa shape index (κ3) is 3.97. The summed E-state index contributed by atoms with van der Waals surface area (Å²) in [5, 5.41) is 7.22. The maximum absolute atomic E-state index is 12.2. The van der Waals surface area contributed by atoms with Crippen molar-refractivity contribution in [1.82, 2.24) is 0 Å². The first-order valence-corrected chi connectivity index (χ1v) is 4.69. The van der Waals surface area contributed by atoms with E-state index in [1.165, 1.54) is 0 Å². The van der Waals surface area contributed by atoms with Gasteiger partial charge in [-0.15, -0.1) is 0 Å². The molecule has 3 nitrogen and oxygen atoms in total. The summed E-state index contributed by atoms with van der Waals surface area (Å²) in [4.78, 5) is 2.78. The number of halogens is 6. The number of nitrogens with two attached hydrogens (primary N) is 1. The highest BCUT2D eigenvalue weighted by atomic mass is 19.4. The van der Waals surface area contributed by atoms with E-state index in [9.17, 15) is 26.3 Å². The molecule has 3 N–H and O–H groups in total. The summed E-state index contributed by atoms with van der Waals surface area (Å²) in [5.41, 5.74) is 3.41. The number of rotatable bonds is 1. The quantitative estimate of drug-likeness (QED) is 0.464. The Labute approximate surface area is 103 Å². The molecular weight excluding hydrogens is 276 g/mol. The van der Waals surface area contributed by atoms with Crippen LogP contribution in [-0.2, 0) is 6.18 Å². The Morgan fingerprint density at radius 1 is 1.00 bits per heavy atom. The number of hydrogen-bond donors (Lipinski definition) is 2. The fraction of sp³-hybridized carbons (Fsp3) is 0.200. The van der Waals surface area contributed by atoms with Gasteiger partial charge >= 0.3 is 12.4 Å². The second kappa shape index (κ2) is 4.90. The first-order chi connectivity index (χ1) is 8.51. The zero-order chi connectivity index (χ0) is 14.8. The van der Waals surface area contributed by atoms with E-state index in [4.69, 9.17) is 5.41 Å². The van der Waals surface area contributed by atoms with Gasteiger partial charge in [0, 0.05) is 5.56 Å². The van der Waals surface area contributed by atoms with Crippen LogP contribution in [-0.4, -0.2) is 17.8 Å². The maximum Gasteiger partial charge on any atom is 0.449 e. The summed E-state index contributed by atoms with van der Waals surface area (Å²) in [6, 6.07) is 2.98. The minimum atomic E-state index is -4.89. The lowest BCUT2D eigenvalue weighted by Gasteiger charge is -2.08. The second-order valence-corrected chi connectivity index (χ2v) is 3.42. The fourth-order valence-corrected chi connectivity index (χ4v) is 1.07. The highest BCUT2D eigenvalue weighted by molar-refractivity contribution is 6.05. The zero-order valence-electron chi connectivity index (χ0n) is 9.10. The molecule has 0 saturated heterocycles. The lowest BCUT2D eigenvalue weighted by molar-refractivity contribution is -0.137. The van der Waals surface area contributed by atoms with Gasteiger partial charge in [-0.3, -0.25) is 5.41 Å². The average molecular weight is 283 g/mol. The summed E-state index contributed by atoms with van der Waals surface area (Å²) >= 11 is 0.